The van der Waals surface area contributed by atoms with Crippen molar-refractivity contribution in [3.05, 3.63) is 16.4 Å². The number of halogens is 1. The third-order valence-electron chi connectivity index (χ3n) is 2.05. The first kappa shape index (κ1) is 10.5. The number of rotatable bonds is 2. The predicted molar refractivity (Wildman–Crippen MR) is 51.3 cm³/mol. The minimum absolute atomic E-state index is 0.563. The van der Waals surface area contributed by atoms with E-state index in [-0.39, 0.29) is 0 Å². The van der Waals surface area contributed by atoms with E-state index in [1.54, 1.807) is 11.7 Å². The van der Waals surface area contributed by atoms with E-state index in [2.05, 4.69) is 5.10 Å². The normalized spacial score (nSPS) is 12.2. The van der Waals surface area contributed by atoms with Gasteiger partial charge >= 0.3 is 0 Å². The van der Waals surface area contributed by atoms with Crippen LogP contribution in [-0.4, -0.2) is 9.78 Å². The maximum absolute atomic E-state index is 6.04. The van der Waals surface area contributed by atoms with Crippen molar-refractivity contribution in [1.82, 2.24) is 9.78 Å². The van der Waals surface area contributed by atoms with Crippen molar-refractivity contribution < 1.29 is 4.84 Å². The summed E-state index contributed by atoms with van der Waals surface area (Å²) in [7, 11) is 1.78. The molecular formula is C8H14ClN3O. The van der Waals surface area contributed by atoms with Crippen LogP contribution in [0.3, 0.4) is 0 Å². The average molecular weight is 204 g/mol. The first-order chi connectivity index (χ1) is 5.90. The van der Waals surface area contributed by atoms with Crippen LogP contribution in [0.4, 0.5) is 0 Å². The molecular weight excluding hydrogens is 190 g/mol. The number of nitrogens with two attached hydrogens (primary N) is 1. The van der Waals surface area contributed by atoms with Gasteiger partial charge < -0.3 is 0 Å². The molecule has 1 aromatic rings. The maximum atomic E-state index is 6.04. The molecule has 0 spiro atoms. The van der Waals surface area contributed by atoms with Crippen LogP contribution in [0, 0.1) is 6.92 Å². The Hall–Kier alpha value is -0.580. The Balaban J connectivity index is 3.28. The lowest BCUT2D eigenvalue weighted by molar-refractivity contribution is -0.0240. The van der Waals surface area contributed by atoms with Gasteiger partial charge in [-0.25, -0.2) is 5.90 Å². The lowest BCUT2D eigenvalue weighted by Crippen LogP contribution is -2.26. The Morgan fingerprint density at radius 2 is 2.08 bits per heavy atom. The van der Waals surface area contributed by atoms with Crippen molar-refractivity contribution in [2.45, 2.75) is 26.4 Å². The molecule has 0 amide bonds. The van der Waals surface area contributed by atoms with Crippen molar-refractivity contribution >= 4 is 11.6 Å². The van der Waals surface area contributed by atoms with Crippen LogP contribution < -0.4 is 5.90 Å². The summed E-state index contributed by atoms with van der Waals surface area (Å²) in [5.74, 6) is 5.19. The third kappa shape index (κ3) is 1.70. The maximum Gasteiger partial charge on any atom is 0.133 e. The third-order valence-corrected chi connectivity index (χ3v) is 2.48. The minimum atomic E-state index is -0.602. The SMILES string of the molecule is Cc1nn(C)c(Cl)c1C(C)(C)ON. The molecule has 0 aliphatic rings. The molecule has 0 bridgehead atoms. The van der Waals surface area contributed by atoms with Gasteiger partial charge in [-0.1, -0.05) is 11.6 Å². The minimum Gasteiger partial charge on any atom is -0.294 e. The van der Waals surface area contributed by atoms with Crippen LogP contribution in [0.2, 0.25) is 5.15 Å². The van der Waals surface area contributed by atoms with Gasteiger partial charge in [0.2, 0.25) is 0 Å². The summed E-state index contributed by atoms with van der Waals surface area (Å²) in [4.78, 5) is 4.86. The van der Waals surface area contributed by atoms with E-state index in [0.29, 0.717) is 5.15 Å². The van der Waals surface area contributed by atoms with Crippen LogP contribution in [-0.2, 0) is 17.5 Å². The summed E-state index contributed by atoms with van der Waals surface area (Å²) < 4.78 is 1.60. The fourth-order valence-corrected chi connectivity index (χ4v) is 1.78. The van der Waals surface area contributed by atoms with Gasteiger partial charge in [0.15, 0.2) is 0 Å². The average Bonchev–Trinajstić information content (AvgIpc) is 2.27. The summed E-state index contributed by atoms with van der Waals surface area (Å²) in [6.07, 6.45) is 0. The van der Waals surface area contributed by atoms with E-state index in [9.17, 15) is 0 Å². The topological polar surface area (TPSA) is 53.1 Å². The summed E-state index contributed by atoms with van der Waals surface area (Å²) in [5, 5.41) is 4.74. The second-order valence-corrected chi connectivity index (χ2v) is 3.86. The molecule has 5 heteroatoms. The molecule has 0 fully saturated rings. The largest absolute Gasteiger partial charge is 0.294 e. The summed E-state index contributed by atoms with van der Waals surface area (Å²) in [6, 6.07) is 0. The van der Waals surface area contributed by atoms with Crippen LogP contribution >= 0.6 is 11.6 Å². The van der Waals surface area contributed by atoms with Gasteiger partial charge in [-0.2, -0.15) is 5.10 Å². The Kier molecular flexibility index (Phi) is 2.66. The van der Waals surface area contributed by atoms with Crippen molar-refractivity contribution in [2.24, 2.45) is 12.9 Å². The molecule has 13 heavy (non-hydrogen) atoms. The number of hydrogen-bond acceptors (Lipinski definition) is 3. The van der Waals surface area contributed by atoms with Crippen LogP contribution in [0.25, 0.3) is 0 Å². The van der Waals surface area contributed by atoms with Crippen molar-refractivity contribution in [3.8, 4) is 0 Å². The van der Waals surface area contributed by atoms with Gasteiger partial charge in [-0.05, 0) is 20.8 Å². The molecule has 1 heterocycles. The van der Waals surface area contributed by atoms with Crippen LogP contribution in [0.15, 0.2) is 0 Å². The first-order valence-corrected chi connectivity index (χ1v) is 4.35. The van der Waals surface area contributed by atoms with E-state index >= 15 is 0 Å². The van der Waals surface area contributed by atoms with Crippen LogP contribution in [0.1, 0.15) is 25.1 Å². The van der Waals surface area contributed by atoms with Gasteiger partial charge in [0.25, 0.3) is 0 Å². The Labute approximate surface area is 82.6 Å². The summed E-state index contributed by atoms with van der Waals surface area (Å²) in [6.45, 7) is 5.58. The Bertz CT molecular complexity index is 319. The highest BCUT2D eigenvalue weighted by Gasteiger charge is 2.28. The fraction of sp³-hybridized carbons (Fsp3) is 0.625. The quantitative estimate of drug-likeness (QED) is 0.742. The first-order valence-electron chi connectivity index (χ1n) is 3.97. The molecule has 0 saturated heterocycles. The number of nitrogens with zero attached hydrogens (tertiary/aromatic N) is 2. The lowest BCUT2D eigenvalue weighted by Gasteiger charge is -2.21. The molecule has 0 aromatic carbocycles. The zero-order chi connectivity index (χ0) is 10.2. The number of aromatic nitrogens is 2. The molecule has 0 radical (unpaired) electrons. The van der Waals surface area contributed by atoms with Gasteiger partial charge in [0, 0.05) is 12.6 Å². The fourth-order valence-electron chi connectivity index (χ4n) is 1.37. The molecule has 4 nitrogen and oxygen atoms in total. The second-order valence-electron chi connectivity index (χ2n) is 3.50. The number of hydrogen-bond donors (Lipinski definition) is 1. The highest BCUT2D eigenvalue weighted by atomic mass is 35.5. The molecule has 74 valence electrons. The molecule has 0 unspecified atom stereocenters. The Morgan fingerprint density at radius 3 is 2.38 bits per heavy atom. The van der Waals surface area contributed by atoms with Gasteiger partial charge in [0.1, 0.15) is 10.8 Å². The monoisotopic (exact) mass is 203 g/mol. The molecule has 0 saturated carbocycles. The van der Waals surface area contributed by atoms with Crippen LogP contribution in [0.5, 0.6) is 0 Å². The van der Waals surface area contributed by atoms with E-state index in [0.717, 1.165) is 11.3 Å². The zero-order valence-corrected chi connectivity index (χ0v) is 9.01. The highest BCUT2D eigenvalue weighted by molar-refractivity contribution is 6.30. The van der Waals surface area contributed by atoms with Gasteiger partial charge in [0.05, 0.1) is 5.69 Å². The molecule has 0 atom stereocenters. The molecule has 1 aromatic heterocycles. The van der Waals surface area contributed by atoms with Crippen molar-refractivity contribution in [1.29, 1.82) is 0 Å². The summed E-state index contributed by atoms with van der Waals surface area (Å²) >= 11 is 6.04. The standard InChI is InChI=1S/C8H14ClN3O/c1-5-6(8(2,3)13-10)7(9)12(4)11-5/h10H2,1-4H3. The van der Waals surface area contributed by atoms with Crippen molar-refractivity contribution in [3.63, 3.8) is 0 Å². The van der Waals surface area contributed by atoms with Gasteiger partial charge in [-0.15, -0.1) is 0 Å². The van der Waals surface area contributed by atoms with E-state index in [1.165, 1.54) is 0 Å². The number of aryl methyl sites for hydroxylation is 2. The van der Waals surface area contributed by atoms with E-state index in [1.807, 2.05) is 20.8 Å². The molecule has 1 rings (SSSR count). The smallest absolute Gasteiger partial charge is 0.133 e. The highest BCUT2D eigenvalue weighted by Crippen LogP contribution is 2.31. The second kappa shape index (κ2) is 3.29. The zero-order valence-electron chi connectivity index (χ0n) is 8.26. The van der Waals surface area contributed by atoms with E-state index < -0.39 is 5.60 Å². The van der Waals surface area contributed by atoms with Gasteiger partial charge in [-0.3, -0.25) is 9.52 Å². The predicted octanol–water partition coefficient (Wildman–Crippen LogP) is 1.51. The lowest BCUT2D eigenvalue weighted by atomic mass is 9.99. The Morgan fingerprint density at radius 1 is 1.54 bits per heavy atom. The van der Waals surface area contributed by atoms with Crippen molar-refractivity contribution in [2.75, 3.05) is 0 Å². The summed E-state index contributed by atoms with van der Waals surface area (Å²) in [5.41, 5.74) is 1.07. The molecule has 2 N–H and O–H groups in total. The molecule has 0 aliphatic carbocycles. The molecule has 0 aliphatic heterocycles. The van der Waals surface area contributed by atoms with E-state index in [4.69, 9.17) is 22.3 Å².